The second-order valence-corrected chi connectivity index (χ2v) is 7.53. The Morgan fingerprint density at radius 2 is 1.57 bits per heavy atom. The molecule has 0 spiro atoms. The molecule has 0 unspecified atom stereocenters. The van der Waals surface area contributed by atoms with Crippen molar-refractivity contribution in [1.29, 1.82) is 0 Å². The number of piperidine rings is 1. The Kier molecular flexibility index (Phi) is 6.57. The summed E-state index contributed by atoms with van der Waals surface area (Å²) in [6.07, 6.45) is 1.45. The van der Waals surface area contributed by atoms with Crippen molar-refractivity contribution in [3.05, 3.63) is 58.1 Å². The molecule has 1 fully saturated rings. The summed E-state index contributed by atoms with van der Waals surface area (Å²) in [5, 5.41) is 3.06. The van der Waals surface area contributed by atoms with Crippen molar-refractivity contribution in [3.8, 4) is 11.5 Å². The Morgan fingerprint density at radius 1 is 0.964 bits per heavy atom. The first-order chi connectivity index (χ1) is 13.5. The highest BCUT2D eigenvalue weighted by Crippen LogP contribution is 2.28. The zero-order valence-corrected chi connectivity index (χ0v) is 17.5. The molecule has 0 bridgehead atoms. The third kappa shape index (κ3) is 4.65. The third-order valence-electron chi connectivity index (χ3n) is 4.85. The Bertz CT molecular complexity index is 846. The van der Waals surface area contributed by atoms with Crippen LogP contribution in [0.2, 0.25) is 0 Å². The van der Waals surface area contributed by atoms with Gasteiger partial charge in [0, 0.05) is 34.7 Å². The van der Waals surface area contributed by atoms with Gasteiger partial charge in [-0.25, -0.2) is 0 Å². The first-order valence-corrected chi connectivity index (χ1v) is 9.89. The number of rotatable bonds is 5. The second-order valence-electron chi connectivity index (χ2n) is 6.62. The van der Waals surface area contributed by atoms with Crippen molar-refractivity contribution in [2.75, 3.05) is 27.3 Å². The standard InChI is InChI=1S/C21H23BrN2O4/c1-27-18-8-5-15(13-19(18)28-2)21(26)24-11-9-17(10-12-24)23-20(25)14-3-6-16(22)7-4-14/h3-8,13,17H,9-12H2,1-2H3,(H,23,25). The van der Waals surface area contributed by atoms with Crippen molar-refractivity contribution in [1.82, 2.24) is 10.2 Å². The van der Waals surface area contributed by atoms with Crippen LogP contribution in [0, 0.1) is 0 Å². The van der Waals surface area contributed by atoms with E-state index < -0.39 is 0 Å². The lowest BCUT2D eigenvalue weighted by Gasteiger charge is -2.32. The normalized spacial score (nSPS) is 14.5. The molecule has 0 atom stereocenters. The summed E-state index contributed by atoms with van der Waals surface area (Å²) in [5.41, 5.74) is 1.20. The third-order valence-corrected chi connectivity index (χ3v) is 5.38. The minimum Gasteiger partial charge on any atom is -0.493 e. The van der Waals surface area contributed by atoms with Crippen LogP contribution in [0.25, 0.3) is 0 Å². The summed E-state index contributed by atoms with van der Waals surface area (Å²) in [7, 11) is 3.11. The monoisotopic (exact) mass is 446 g/mol. The van der Waals surface area contributed by atoms with Gasteiger partial charge < -0.3 is 19.7 Å². The molecule has 3 rings (SSSR count). The van der Waals surface area contributed by atoms with Crippen LogP contribution < -0.4 is 14.8 Å². The highest BCUT2D eigenvalue weighted by atomic mass is 79.9. The Labute approximate surface area is 172 Å². The van der Waals surface area contributed by atoms with Crippen molar-refractivity contribution in [2.45, 2.75) is 18.9 Å². The number of methoxy groups -OCH3 is 2. The number of carbonyl (C=O) groups excluding carboxylic acids is 2. The van der Waals surface area contributed by atoms with Gasteiger partial charge >= 0.3 is 0 Å². The minimum absolute atomic E-state index is 0.0429. The molecule has 0 saturated carbocycles. The van der Waals surface area contributed by atoms with E-state index in [1.807, 2.05) is 17.0 Å². The molecule has 0 aromatic heterocycles. The predicted octanol–water partition coefficient (Wildman–Crippen LogP) is 3.50. The Balaban J connectivity index is 1.57. The number of halogens is 1. The molecule has 7 heteroatoms. The minimum atomic E-state index is -0.0860. The predicted molar refractivity (Wildman–Crippen MR) is 110 cm³/mol. The van der Waals surface area contributed by atoms with E-state index in [0.717, 1.165) is 17.3 Å². The maximum Gasteiger partial charge on any atom is 0.253 e. The zero-order valence-electron chi connectivity index (χ0n) is 15.9. The fourth-order valence-electron chi connectivity index (χ4n) is 3.25. The van der Waals surface area contributed by atoms with Gasteiger partial charge in [-0.3, -0.25) is 9.59 Å². The van der Waals surface area contributed by atoms with E-state index in [-0.39, 0.29) is 17.9 Å². The number of nitrogens with one attached hydrogen (secondary N) is 1. The SMILES string of the molecule is COc1ccc(C(=O)N2CCC(NC(=O)c3ccc(Br)cc3)CC2)cc1OC. The first kappa shape index (κ1) is 20.2. The van der Waals surface area contributed by atoms with Gasteiger partial charge in [0.15, 0.2) is 11.5 Å². The van der Waals surface area contributed by atoms with E-state index in [0.29, 0.717) is 35.7 Å². The average Bonchev–Trinajstić information content (AvgIpc) is 2.73. The topological polar surface area (TPSA) is 67.9 Å². The fraction of sp³-hybridized carbons (Fsp3) is 0.333. The smallest absolute Gasteiger partial charge is 0.253 e. The van der Waals surface area contributed by atoms with Gasteiger partial charge in [-0.15, -0.1) is 0 Å². The number of nitrogens with zero attached hydrogens (tertiary/aromatic N) is 1. The van der Waals surface area contributed by atoms with Crippen LogP contribution in [0.1, 0.15) is 33.6 Å². The Hall–Kier alpha value is -2.54. The molecule has 1 saturated heterocycles. The van der Waals surface area contributed by atoms with Crippen molar-refractivity contribution in [2.24, 2.45) is 0 Å². The number of hydrogen-bond acceptors (Lipinski definition) is 4. The maximum absolute atomic E-state index is 12.8. The average molecular weight is 447 g/mol. The molecule has 1 N–H and O–H groups in total. The molecule has 0 aliphatic carbocycles. The lowest BCUT2D eigenvalue weighted by molar-refractivity contribution is 0.0697. The first-order valence-electron chi connectivity index (χ1n) is 9.09. The largest absolute Gasteiger partial charge is 0.493 e. The van der Waals surface area contributed by atoms with Crippen LogP contribution in [0.3, 0.4) is 0 Å². The molecule has 0 radical (unpaired) electrons. The molecule has 1 heterocycles. The highest BCUT2D eigenvalue weighted by molar-refractivity contribution is 9.10. The molecule has 6 nitrogen and oxygen atoms in total. The number of amides is 2. The lowest BCUT2D eigenvalue weighted by Crippen LogP contribution is -2.46. The van der Waals surface area contributed by atoms with Crippen LogP contribution in [-0.2, 0) is 0 Å². The molecule has 28 heavy (non-hydrogen) atoms. The van der Waals surface area contributed by atoms with E-state index in [4.69, 9.17) is 9.47 Å². The van der Waals surface area contributed by atoms with Gasteiger partial charge in [-0.1, -0.05) is 15.9 Å². The molecule has 148 valence electrons. The quantitative estimate of drug-likeness (QED) is 0.762. The van der Waals surface area contributed by atoms with Crippen molar-refractivity contribution < 1.29 is 19.1 Å². The number of carbonyl (C=O) groups is 2. The van der Waals surface area contributed by atoms with E-state index in [1.54, 1.807) is 44.6 Å². The van der Waals surface area contributed by atoms with Crippen LogP contribution in [0.15, 0.2) is 46.9 Å². The van der Waals surface area contributed by atoms with E-state index in [1.165, 1.54) is 0 Å². The molecule has 2 aromatic carbocycles. The van der Waals surface area contributed by atoms with Gasteiger partial charge in [0.2, 0.25) is 0 Å². The van der Waals surface area contributed by atoms with Gasteiger partial charge in [-0.2, -0.15) is 0 Å². The number of hydrogen-bond donors (Lipinski definition) is 1. The van der Waals surface area contributed by atoms with Crippen LogP contribution in [0.4, 0.5) is 0 Å². The van der Waals surface area contributed by atoms with Gasteiger partial charge in [-0.05, 0) is 55.3 Å². The maximum atomic E-state index is 12.8. The summed E-state index contributed by atoms with van der Waals surface area (Å²) in [6.45, 7) is 1.19. The number of ether oxygens (including phenoxy) is 2. The number of benzene rings is 2. The summed E-state index contributed by atoms with van der Waals surface area (Å²) in [6, 6.07) is 12.5. The summed E-state index contributed by atoms with van der Waals surface area (Å²) in [5.74, 6) is 0.995. The van der Waals surface area contributed by atoms with E-state index >= 15 is 0 Å². The van der Waals surface area contributed by atoms with Crippen LogP contribution in [-0.4, -0.2) is 50.1 Å². The van der Waals surface area contributed by atoms with E-state index in [2.05, 4.69) is 21.2 Å². The summed E-state index contributed by atoms with van der Waals surface area (Å²) >= 11 is 3.37. The highest BCUT2D eigenvalue weighted by Gasteiger charge is 2.25. The number of likely N-dealkylation sites (tertiary alicyclic amines) is 1. The molecular weight excluding hydrogens is 424 g/mol. The van der Waals surface area contributed by atoms with E-state index in [9.17, 15) is 9.59 Å². The van der Waals surface area contributed by atoms with Crippen LogP contribution in [0.5, 0.6) is 11.5 Å². The molecule has 1 aliphatic heterocycles. The molecule has 2 aromatic rings. The lowest BCUT2D eigenvalue weighted by atomic mass is 10.0. The van der Waals surface area contributed by atoms with Gasteiger partial charge in [0.25, 0.3) is 11.8 Å². The van der Waals surface area contributed by atoms with Crippen LogP contribution >= 0.6 is 15.9 Å². The fourth-order valence-corrected chi connectivity index (χ4v) is 3.51. The summed E-state index contributed by atoms with van der Waals surface area (Å²) in [4.78, 5) is 27.0. The molecular formula is C21H23BrN2O4. The van der Waals surface area contributed by atoms with Gasteiger partial charge in [0.1, 0.15) is 0 Å². The zero-order chi connectivity index (χ0) is 20.1. The van der Waals surface area contributed by atoms with Crippen molar-refractivity contribution >= 4 is 27.7 Å². The molecule has 1 aliphatic rings. The van der Waals surface area contributed by atoms with Crippen molar-refractivity contribution in [3.63, 3.8) is 0 Å². The second kappa shape index (κ2) is 9.10. The molecule has 2 amide bonds. The van der Waals surface area contributed by atoms with Gasteiger partial charge in [0.05, 0.1) is 14.2 Å². The summed E-state index contributed by atoms with van der Waals surface area (Å²) < 4.78 is 11.4. The Morgan fingerprint density at radius 3 is 2.18 bits per heavy atom.